The number of nitrogens with two attached hydrogens (primary N) is 1. The first kappa shape index (κ1) is 13.5. The van der Waals surface area contributed by atoms with Crippen molar-refractivity contribution in [3.8, 4) is 0 Å². The number of fused-ring (bicyclic) bond motifs is 1. The fraction of sp³-hybridized carbons (Fsp3) is 0.0625. The van der Waals surface area contributed by atoms with Crippen LogP contribution in [0, 0.1) is 6.92 Å². The van der Waals surface area contributed by atoms with Gasteiger partial charge in [0, 0.05) is 22.8 Å². The monoisotopic (exact) mass is 294 g/mol. The minimum Gasteiger partial charge on any atom is -0.389 e. The van der Waals surface area contributed by atoms with Crippen LogP contribution < -0.4 is 11.1 Å². The molecule has 0 fully saturated rings. The Morgan fingerprint density at radius 1 is 1.19 bits per heavy atom. The Labute approximate surface area is 128 Å². The highest BCUT2D eigenvalue weighted by atomic mass is 32.1. The lowest BCUT2D eigenvalue weighted by Gasteiger charge is -2.10. The molecule has 21 heavy (non-hydrogen) atoms. The van der Waals surface area contributed by atoms with Gasteiger partial charge in [0.25, 0.3) is 0 Å². The second-order valence-electron chi connectivity index (χ2n) is 4.75. The highest BCUT2D eigenvalue weighted by molar-refractivity contribution is 7.80. The van der Waals surface area contributed by atoms with E-state index in [1.165, 1.54) is 0 Å². The summed E-state index contributed by atoms with van der Waals surface area (Å²) in [7, 11) is 0. The molecule has 0 bridgehead atoms. The van der Waals surface area contributed by atoms with Gasteiger partial charge in [-0.2, -0.15) is 0 Å². The minimum absolute atomic E-state index is 0.347. The van der Waals surface area contributed by atoms with E-state index in [1.54, 1.807) is 6.20 Å². The molecule has 0 aliphatic heterocycles. The van der Waals surface area contributed by atoms with Crippen molar-refractivity contribution >= 4 is 39.6 Å². The highest BCUT2D eigenvalue weighted by Gasteiger charge is 2.05. The Balaban J connectivity index is 1.99. The third kappa shape index (κ3) is 2.83. The molecule has 0 atom stereocenters. The normalized spacial score (nSPS) is 10.5. The third-order valence-corrected chi connectivity index (χ3v) is 3.39. The van der Waals surface area contributed by atoms with E-state index in [-0.39, 0.29) is 0 Å². The zero-order chi connectivity index (χ0) is 14.8. The molecular weight excluding hydrogens is 280 g/mol. The Morgan fingerprint density at radius 2 is 2.00 bits per heavy atom. The molecule has 3 aromatic rings. The molecule has 104 valence electrons. The van der Waals surface area contributed by atoms with Gasteiger partial charge in [0.15, 0.2) is 0 Å². The molecule has 0 spiro atoms. The number of hydrogen-bond acceptors (Lipinski definition) is 4. The van der Waals surface area contributed by atoms with Crippen molar-refractivity contribution < 1.29 is 0 Å². The summed E-state index contributed by atoms with van der Waals surface area (Å²) >= 11 is 4.92. The van der Waals surface area contributed by atoms with E-state index in [2.05, 4.69) is 15.3 Å². The van der Waals surface area contributed by atoms with Gasteiger partial charge in [-0.15, -0.1) is 0 Å². The summed E-state index contributed by atoms with van der Waals surface area (Å²) in [6.07, 6.45) is 1.67. The lowest BCUT2D eigenvalue weighted by molar-refractivity contribution is 1.24. The molecule has 0 saturated carbocycles. The molecule has 0 aliphatic carbocycles. The first-order valence-electron chi connectivity index (χ1n) is 6.53. The first-order valence-corrected chi connectivity index (χ1v) is 6.93. The Kier molecular flexibility index (Phi) is 3.50. The number of para-hydroxylation sites is 1. The van der Waals surface area contributed by atoms with Crippen LogP contribution >= 0.6 is 12.2 Å². The van der Waals surface area contributed by atoms with Gasteiger partial charge in [-0.05, 0) is 31.2 Å². The maximum Gasteiger partial charge on any atom is 0.130 e. The van der Waals surface area contributed by atoms with Crippen LogP contribution in [-0.2, 0) is 0 Å². The largest absolute Gasteiger partial charge is 0.389 e. The Hall–Kier alpha value is -2.53. The van der Waals surface area contributed by atoms with Crippen LogP contribution in [0.4, 0.5) is 11.5 Å². The number of benzene rings is 1. The number of anilines is 2. The van der Waals surface area contributed by atoms with E-state index < -0.39 is 0 Å². The molecule has 5 heteroatoms. The number of nitrogens with zero attached hydrogens (tertiary/aromatic N) is 2. The van der Waals surface area contributed by atoms with E-state index in [0.717, 1.165) is 33.7 Å². The van der Waals surface area contributed by atoms with Crippen molar-refractivity contribution in [2.24, 2.45) is 5.73 Å². The second kappa shape index (κ2) is 5.46. The van der Waals surface area contributed by atoms with Gasteiger partial charge in [-0.25, -0.2) is 4.98 Å². The van der Waals surface area contributed by atoms with E-state index >= 15 is 0 Å². The second-order valence-corrected chi connectivity index (χ2v) is 5.19. The van der Waals surface area contributed by atoms with Gasteiger partial charge in [-0.3, -0.25) is 4.98 Å². The van der Waals surface area contributed by atoms with Crippen molar-refractivity contribution in [2.75, 3.05) is 5.32 Å². The van der Waals surface area contributed by atoms with Crippen LogP contribution in [0.1, 0.15) is 11.3 Å². The number of thiocarbonyl (C=S) groups is 1. The van der Waals surface area contributed by atoms with Crippen LogP contribution in [0.3, 0.4) is 0 Å². The third-order valence-electron chi connectivity index (χ3n) is 3.15. The number of aromatic nitrogens is 2. The summed E-state index contributed by atoms with van der Waals surface area (Å²) in [5, 5.41) is 4.38. The number of pyridine rings is 2. The van der Waals surface area contributed by atoms with Crippen molar-refractivity contribution in [1.29, 1.82) is 0 Å². The molecule has 3 N–H and O–H groups in total. The van der Waals surface area contributed by atoms with Crippen LogP contribution in [0.25, 0.3) is 10.9 Å². The average molecular weight is 294 g/mol. The van der Waals surface area contributed by atoms with Crippen LogP contribution in [0.5, 0.6) is 0 Å². The standard InChI is InChI=1S/C16H14N4S/c1-10-8-14(12-4-2-3-5-13(12)19-10)20-15-7-6-11(9-18-15)16(17)21/h2-9H,1H3,(H2,17,21)(H,18,19,20). The van der Waals surface area contributed by atoms with Crippen LogP contribution in [0.15, 0.2) is 48.7 Å². The molecule has 2 heterocycles. The fourth-order valence-electron chi connectivity index (χ4n) is 2.16. The van der Waals surface area contributed by atoms with Gasteiger partial charge in [-0.1, -0.05) is 30.4 Å². The summed E-state index contributed by atoms with van der Waals surface area (Å²) in [5.74, 6) is 0.741. The molecule has 0 amide bonds. The topological polar surface area (TPSA) is 63.8 Å². The van der Waals surface area contributed by atoms with E-state index in [0.29, 0.717) is 4.99 Å². The van der Waals surface area contributed by atoms with Gasteiger partial charge < -0.3 is 11.1 Å². The Morgan fingerprint density at radius 3 is 2.71 bits per heavy atom. The zero-order valence-electron chi connectivity index (χ0n) is 11.5. The number of hydrogen-bond donors (Lipinski definition) is 2. The minimum atomic E-state index is 0.347. The molecule has 2 aromatic heterocycles. The molecule has 0 saturated heterocycles. The molecule has 4 nitrogen and oxygen atoms in total. The van der Waals surface area contributed by atoms with Crippen molar-refractivity contribution in [3.63, 3.8) is 0 Å². The lowest BCUT2D eigenvalue weighted by Crippen LogP contribution is -2.09. The molecule has 0 aliphatic rings. The van der Waals surface area contributed by atoms with Gasteiger partial charge in [0.05, 0.1) is 11.2 Å². The summed E-state index contributed by atoms with van der Waals surface area (Å²) < 4.78 is 0. The maximum atomic E-state index is 5.57. The van der Waals surface area contributed by atoms with Crippen molar-refractivity contribution in [2.45, 2.75) is 6.92 Å². The molecule has 0 radical (unpaired) electrons. The Bertz CT molecular complexity index is 812. The summed E-state index contributed by atoms with van der Waals surface area (Å²) in [6, 6.07) is 13.7. The van der Waals surface area contributed by atoms with Crippen LogP contribution in [-0.4, -0.2) is 15.0 Å². The summed E-state index contributed by atoms with van der Waals surface area (Å²) in [5.41, 5.74) is 9.22. The fourth-order valence-corrected chi connectivity index (χ4v) is 2.28. The summed E-state index contributed by atoms with van der Waals surface area (Å²) in [6.45, 7) is 1.97. The number of aryl methyl sites for hydroxylation is 1. The van der Waals surface area contributed by atoms with E-state index in [9.17, 15) is 0 Å². The smallest absolute Gasteiger partial charge is 0.130 e. The van der Waals surface area contributed by atoms with Gasteiger partial charge >= 0.3 is 0 Å². The quantitative estimate of drug-likeness (QED) is 0.726. The lowest BCUT2D eigenvalue weighted by atomic mass is 10.1. The molecule has 1 aromatic carbocycles. The summed E-state index contributed by atoms with van der Waals surface area (Å²) in [4.78, 5) is 9.20. The van der Waals surface area contributed by atoms with Crippen molar-refractivity contribution in [3.05, 3.63) is 59.9 Å². The first-order chi connectivity index (χ1) is 10.1. The van der Waals surface area contributed by atoms with Crippen molar-refractivity contribution in [1.82, 2.24) is 9.97 Å². The molecular formula is C16H14N4S. The molecule has 0 unspecified atom stereocenters. The average Bonchev–Trinajstić information content (AvgIpc) is 2.47. The van der Waals surface area contributed by atoms with E-state index in [1.807, 2.05) is 49.4 Å². The number of nitrogens with one attached hydrogen (secondary N) is 1. The highest BCUT2D eigenvalue weighted by Crippen LogP contribution is 2.25. The zero-order valence-corrected chi connectivity index (χ0v) is 12.3. The van der Waals surface area contributed by atoms with E-state index in [4.69, 9.17) is 18.0 Å². The number of rotatable bonds is 3. The van der Waals surface area contributed by atoms with Gasteiger partial charge in [0.1, 0.15) is 10.8 Å². The molecule has 3 rings (SSSR count). The maximum absolute atomic E-state index is 5.57. The predicted molar refractivity (Wildman–Crippen MR) is 89.9 cm³/mol. The SMILES string of the molecule is Cc1cc(Nc2ccc(C(N)=S)cn2)c2ccccc2n1. The predicted octanol–water partition coefficient (Wildman–Crippen LogP) is 3.32. The van der Waals surface area contributed by atoms with Crippen LogP contribution in [0.2, 0.25) is 0 Å². The van der Waals surface area contributed by atoms with Gasteiger partial charge in [0.2, 0.25) is 0 Å².